The van der Waals surface area contributed by atoms with E-state index in [0.29, 0.717) is 34.7 Å². The second kappa shape index (κ2) is 12.5. The summed E-state index contributed by atoms with van der Waals surface area (Å²) in [7, 11) is 1.57. The van der Waals surface area contributed by atoms with Crippen LogP contribution in [0.3, 0.4) is 0 Å². The first-order valence-electron chi connectivity index (χ1n) is 12.4. The Hall–Kier alpha value is -2.71. The number of aromatic nitrogens is 1. The van der Waals surface area contributed by atoms with Crippen molar-refractivity contribution in [3.63, 3.8) is 0 Å². The molecule has 0 aliphatic carbocycles. The van der Waals surface area contributed by atoms with Crippen LogP contribution in [0.2, 0.25) is 0 Å². The Morgan fingerprint density at radius 3 is 2.89 bits per heavy atom. The quantitative estimate of drug-likeness (QED) is 0.237. The molecule has 192 valence electrons. The molecule has 1 aromatic heterocycles. The van der Waals surface area contributed by atoms with Crippen molar-refractivity contribution in [2.45, 2.75) is 36.8 Å². The van der Waals surface area contributed by atoms with E-state index in [4.69, 9.17) is 4.74 Å². The van der Waals surface area contributed by atoms with Gasteiger partial charge in [0, 0.05) is 23.0 Å². The van der Waals surface area contributed by atoms with E-state index < -0.39 is 18.1 Å². The summed E-state index contributed by atoms with van der Waals surface area (Å²) in [6, 6.07) is 13.8. The van der Waals surface area contributed by atoms with Gasteiger partial charge in [-0.3, -0.25) is 9.78 Å². The maximum absolute atomic E-state index is 15.4. The van der Waals surface area contributed by atoms with Gasteiger partial charge in [-0.15, -0.1) is 11.8 Å². The van der Waals surface area contributed by atoms with Crippen molar-refractivity contribution in [2.24, 2.45) is 11.8 Å². The number of hydrogen-bond acceptors (Lipinski definition) is 5. The number of piperidine rings is 1. The van der Waals surface area contributed by atoms with Crippen LogP contribution in [0.5, 0.6) is 5.75 Å². The van der Waals surface area contributed by atoms with E-state index >= 15 is 4.39 Å². The highest BCUT2D eigenvalue weighted by molar-refractivity contribution is 7.99. The number of methoxy groups -OCH3 is 1. The number of carbonyl (C=O) groups is 1. The second-order valence-electron chi connectivity index (χ2n) is 9.25. The van der Waals surface area contributed by atoms with Crippen molar-refractivity contribution in [3.05, 3.63) is 66.1 Å². The average molecular weight is 515 g/mol. The molecular weight excluding hydrogens is 482 g/mol. The van der Waals surface area contributed by atoms with Crippen LogP contribution in [-0.2, 0) is 4.79 Å². The zero-order chi connectivity index (χ0) is 25.5. The standard InChI is InChI=1S/C28H32F2N2O3S/c1-35-20-8-10-26-22(17-20)21(11-13-31-26)24(29)9-7-19-12-15-32(18-23(19)28(33)34)14-4-16-36-27-6-3-2-5-25(27)30/h2-3,5-6,8,10-11,13,17,19,23-24H,4,7,9,12,14-16,18H2,1H3,(H,33,34)/t19-,23+,24+/m1/s1. The molecule has 4 rings (SSSR count). The van der Waals surface area contributed by atoms with Crippen LogP contribution < -0.4 is 4.74 Å². The van der Waals surface area contributed by atoms with E-state index in [-0.39, 0.29) is 18.2 Å². The predicted octanol–water partition coefficient (Wildman–Crippen LogP) is 6.38. The zero-order valence-corrected chi connectivity index (χ0v) is 21.2. The van der Waals surface area contributed by atoms with Gasteiger partial charge in [0.2, 0.25) is 0 Å². The number of fused-ring (bicyclic) bond motifs is 1. The molecule has 1 saturated heterocycles. The van der Waals surface area contributed by atoms with E-state index in [0.717, 1.165) is 37.1 Å². The number of alkyl halides is 1. The summed E-state index contributed by atoms with van der Waals surface area (Å²) in [4.78, 5) is 19.2. The summed E-state index contributed by atoms with van der Waals surface area (Å²) in [5.41, 5.74) is 1.27. The van der Waals surface area contributed by atoms with Crippen molar-refractivity contribution in [2.75, 3.05) is 32.5 Å². The van der Waals surface area contributed by atoms with Crippen LogP contribution in [0, 0.1) is 17.7 Å². The fourth-order valence-electron chi connectivity index (χ4n) is 4.99. The largest absolute Gasteiger partial charge is 0.497 e. The van der Waals surface area contributed by atoms with Crippen molar-refractivity contribution in [1.82, 2.24) is 9.88 Å². The van der Waals surface area contributed by atoms with E-state index in [9.17, 15) is 14.3 Å². The molecule has 0 spiro atoms. The Balaban J connectivity index is 1.30. The van der Waals surface area contributed by atoms with Crippen molar-refractivity contribution in [3.8, 4) is 5.75 Å². The molecule has 1 N–H and O–H groups in total. The van der Waals surface area contributed by atoms with Gasteiger partial charge in [-0.2, -0.15) is 0 Å². The van der Waals surface area contributed by atoms with Gasteiger partial charge in [-0.25, -0.2) is 8.78 Å². The number of likely N-dealkylation sites (tertiary alicyclic amines) is 1. The van der Waals surface area contributed by atoms with Gasteiger partial charge in [0.05, 0.1) is 18.5 Å². The van der Waals surface area contributed by atoms with E-state index in [1.165, 1.54) is 17.8 Å². The smallest absolute Gasteiger partial charge is 0.308 e. The predicted molar refractivity (Wildman–Crippen MR) is 139 cm³/mol. The molecule has 1 aliphatic rings. The molecule has 2 aromatic carbocycles. The number of hydrogen-bond donors (Lipinski definition) is 1. The highest BCUT2D eigenvalue weighted by Gasteiger charge is 2.34. The van der Waals surface area contributed by atoms with Gasteiger partial charge in [-0.05, 0) is 92.4 Å². The lowest BCUT2D eigenvalue weighted by molar-refractivity contribution is -0.146. The highest BCUT2D eigenvalue weighted by Crippen LogP contribution is 2.35. The Kier molecular flexibility index (Phi) is 9.15. The zero-order valence-electron chi connectivity index (χ0n) is 20.4. The van der Waals surface area contributed by atoms with Gasteiger partial charge in [-0.1, -0.05) is 12.1 Å². The topological polar surface area (TPSA) is 62.7 Å². The number of halogens is 2. The number of carboxylic acid groups (broad SMARTS) is 1. The third-order valence-electron chi connectivity index (χ3n) is 6.98. The maximum Gasteiger partial charge on any atom is 0.308 e. The molecule has 1 aliphatic heterocycles. The number of rotatable bonds is 11. The van der Waals surface area contributed by atoms with Gasteiger partial charge in [0.25, 0.3) is 0 Å². The maximum atomic E-state index is 15.4. The Bertz CT molecular complexity index is 1180. The molecule has 0 radical (unpaired) electrons. The van der Waals surface area contributed by atoms with Crippen LogP contribution >= 0.6 is 11.8 Å². The van der Waals surface area contributed by atoms with Crippen molar-refractivity contribution < 1.29 is 23.4 Å². The van der Waals surface area contributed by atoms with Gasteiger partial charge in [0.1, 0.15) is 17.7 Å². The lowest BCUT2D eigenvalue weighted by Gasteiger charge is -2.36. The molecule has 0 bridgehead atoms. The van der Waals surface area contributed by atoms with E-state index in [1.807, 2.05) is 12.1 Å². The lowest BCUT2D eigenvalue weighted by atomic mass is 9.81. The Morgan fingerprint density at radius 1 is 1.28 bits per heavy atom. The highest BCUT2D eigenvalue weighted by atomic mass is 32.2. The first kappa shape index (κ1) is 26.4. The molecule has 0 unspecified atom stereocenters. The lowest BCUT2D eigenvalue weighted by Crippen LogP contribution is -2.44. The number of benzene rings is 2. The third-order valence-corrected chi connectivity index (χ3v) is 8.12. The minimum atomic E-state index is -1.20. The first-order valence-corrected chi connectivity index (χ1v) is 13.3. The van der Waals surface area contributed by atoms with Crippen LogP contribution in [0.4, 0.5) is 8.78 Å². The fraction of sp³-hybridized carbons (Fsp3) is 0.429. The summed E-state index contributed by atoms with van der Waals surface area (Å²) in [5.74, 6) is -0.187. The fourth-order valence-corrected chi connectivity index (χ4v) is 5.87. The van der Waals surface area contributed by atoms with Crippen LogP contribution in [0.1, 0.15) is 37.4 Å². The third kappa shape index (κ3) is 6.53. The number of aliphatic carboxylic acids is 1. The summed E-state index contributed by atoms with van der Waals surface area (Å²) in [6.45, 7) is 2.04. The minimum absolute atomic E-state index is 0.0626. The minimum Gasteiger partial charge on any atom is -0.497 e. The van der Waals surface area contributed by atoms with Crippen molar-refractivity contribution in [1.29, 1.82) is 0 Å². The Labute approximate surface area is 214 Å². The van der Waals surface area contributed by atoms with Gasteiger partial charge in [0.15, 0.2) is 0 Å². The number of nitrogens with zero attached hydrogens (tertiary/aromatic N) is 2. The molecule has 0 saturated carbocycles. The van der Waals surface area contributed by atoms with Crippen LogP contribution in [0.25, 0.3) is 10.9 Å². The molecule has 8 heteroatoms. The van der Waals surface area contributed by atoms with Crippen LogP contribution in [-0.4, -0.2) is 53.5 Å². The molecule has 5 nitrogen and oxygen atoms in total. The molecule has 1 fully saturated rings. The molecule has 0 amide bonds. The van der Waals surface area contributed by atoms with Crippen molar-refractivity contribution >= 4 is 28.6 Å². The number of pyridine rings is 1. The number of ether oxygens (including phenoxy) is 1. The molecule has 3 aromatic rings. The molecule has 3 atom stereocenters. The number of carboxylic acids is 1. The monoisotopic (exact) mass is 514 g/mol. The second-order valence-corrected chi connectivity index (χ2v) is 10.4. The van der Waals surface area contributed by atoms with Gasteiger partial charge < -0.3 is 14.7 Å². The average Bonchev–Trinajstić information content (AvgIpc) is 2.90. The summed E-state index contributed by atoms with van der Waals surface area (Å²) >= 11 is 1.48. The molecule has 2 heterocycles. The van der Waals surface area contributed by atoms with Gasteiger partial charge >= 0.3 is 5.97 Å². The summed E-state index contributed by atoms with van der Waals surface area (Å²) in [6.07, 6.45) is 2.77. The first-order chi connectivity index (χ1) is 17.5. The van der Waals surface area contributed by atoms with E-state index in [2.05, 4.69) is 9.88 Å². The molecular formula is C28H32F2N2O3S. The SMILES string of the molecule is COc1ccc2nccc([C@@H](F)CC[C@@H]3CCN(CCCSc4ccccc4F)C[C@@H]3C(=O)O)c2c1. The van der Waals surface area contributed by atoms with E-state index in [1.54, 1.807) is 43.6 Å². The van der Waals surface area contributed by atoms with Crippen LogP contribution in [0.15, 0.2) is 59.6 Å². The normalized spacial score (nSPS) is 19.3. The molecule has 36 heavy (non-hydrogen) atoms. The summed E-state index contributed by atoms with van der Waals surface area (Å²) in [5, 5.41) is 10.6. The summed E-state index contributed by atoms with van der Waals surface area (Å²) < 4.78 is 34.4. The Morgan fingerprint density at radius 2 is 2.11 bits per heavy atom. The number of thioether (sulfide) groups is 1.